The van der Waals surface area contributed by atoms with Crippen molar-refractivity contribution in [2.45, 2.75) is 52.1 Å². The molecule has 2 rings (SSSR count). The molecule has 1 fully saturated rings. The number of aryl methyl sites for hydroxylation is 1. The second kappa shape index (κ2) is 7.06. The van der Waals surface area contributed by atoms with Crippen molar-refractivity contribution in [2.75, 3.05) is 13.1 Å². The van der Waals surface area contributed by atoms with Crippen LogP contribution in [0.3, 0.4) is 0 Å². The first kappa shape index (κ1) is 14.5. The average molecular weight is 260 g/mol. The maximum Gasteiger partial charge on any atom is 0.0233 e. The van der Waals surface area contributed by atoms with Crippen LogP contribution in [0.2, 0.25) is 0 Å². The molecule has 19 heavy (non-hydrogen) atoms. The van der Waals surface area contributed by atoms with Crippen molar-refractivity contribution in [3.8, 4) is 0 Å². The van der Waals surface area contributed by atoms with Gasteiger partial charge in [0.15, 0.2) is 0 Å². The molecule has 0 aromatic heterocycles. The summed E-state index contributed by atoms with van der Waals surface area (Å²) in [6, 6.07) is 9.26. The summed E-state index contributed by atoms with van der Waals surface area (Å²) in [6.07, 6.45) is 5.19. The van der Waals surface area contributed by atoms with Crippen LogP contribution in [-0.2, 0) is 6.54 Å². The Hall–Kier alpha value is -0.860. The molecule has 1 aromatic carbocycles. The molecule has 0 aliphatic carbocycles. The molecule has 1 aliphatic heterocycles. The van der Waals surface area contributed by atoms with Crippen LogP contribution in [0.4, 0.5) is 0 Å². The Morgan fingerprint density at radius 1 is 1.32 bits per heavy atom. The zero-order valence-electron chi connectivity index (χ0n) is 12.4. The van der Waals surface area contributed by atoms with E-state index < -0.39 is 0 Å². The first-order valence-electron chi connectivity index (χ1n) is 7.67. The van der Waals surface area contributed by atoms with Gasteiger partial charge in [-0.25, -0.2) is 0 Å². The molecular formula is C17H28N2. The van der Waals surface area contributed by atoms with Crippen molar-refractivity contribution in [1.82, 2.24) is 4.90 Å². The Labute approximate surface area is 118 Å². The van der Waals surface area contributed by atoms with Gasteiger partial charge in [-0.2, -0.15) is 0 Å². The fourth-order valence-corrected chi connectivity index (χ4v) is 3.00. The Morgan fingerprint density at radius 3 is 2.68 bits per heavy atom. The van der Waals surface area contributed by atoms with Gasteiger partial charge < -0.3 is 5.73 Å². The van der Waals surface area contributed by atoms with Gasteiger partial charge >= 0.3 is 0 Å². The monoisotopic (exact) mass is 260 g/mol. The summed E-state index contributed by atoms with van der Waals surface area (Å²) >= 11 is 0. The summed E-state index contributed by atoms with van der Waals surface area (Å²) in [4.78, 5) is 2.59. The molecule has 1 aliphatic rings. The van der Waals surface area contributed by atoms with Crippen LogP contribution in [0, 0.1) is 12.8 Å². The molecule has 1 unspecified atom stereocenters. The third-order valence-corrected chi connectivity index (χ3v) is 4.23. The van der Waals surface area contributed by atoms with Crippen molar-refractivity contribution in [3.05, 3.63) is 35.4 Å². The number of hydrogen-bond donors (Lipinski definition) is 1. The summed E-state index contributed by atoms with van der Waals surface area (Å²) in [5.74, 6) is 0.903. The van der Waals surface area contributed by atoms with E-state index in [0.29, 0.717) is 6.04 Å². The van der Waals surface area contributed by atoms with E-state index in [1.54, 1.807) is 0 Å². The van der Waals surface area contributed by atoms with E-state index in [0.717, 1.165) is 12.5 Å². The SMILES string of the molecule is Cc1cccc(CN2CCC(CCC(C)N)CC2)c1. The van der Waals surface area contributed by atoms with Gasteiger partial charge in [-0.3, -0.25) is 4.90 Å². The van der Waals surface area contributed by atoms with Crippen molar-refractivity contribution in [1.29, 1.82) is 0 Å². The van der Waals surface area contributed by atoms with Crippen molar-refractivity contribution < 1.29 is 0 Å². The first-order valence-corrected chi connectivity index (χ1v) is 7.67. The minimum Gasteiger partial charge on any atom is -0.328 e. The van der Waals surface area contributed by atoms with Gasteiger partial charge in [0.05, 0.1) is 0 Å². The molecule has 1 aromatic rings. The van der Waals surface area contributed by atoms with Gasteiger partial charge in [-0.1, -0.05) is 29.8 Å². The van der Waals surface area contributed by atoms with Gasteiger partial charge in [-0.15, -0.1) is 0 Å². The molecule has 0 spiro atoms. The number of nitrogens with two attached hydrogens (primary N) is 1. The number of piperidine rings is 1. The molecule has 2 nitrogen and oxygen atoms in total. The lowest BCUT2D eigenvalue weighted by molar-refractivity contribution is 0.170. The summed E-state index contributed by atoms with van der Waals surface area (Å²) in [5.41, 5.74) is 8.66. The van der Waals surface area contributed by atoms with Crippen LogP contribution in [0.15, 0.2) is 24.3 Å². The molecular weight excluding hydrogens is 232 g/mol. The highest BCUT2D eigenvalue weighted by molar-refractivity contribution is 5.22. The predicted octanol–water partition coefficient (Wildman–Crippen LogP) is 3.33. The zero-order chi connectivity index (χ0) is 13.7. The third-order valence-electron chi connectivity index (χ3n) is 4.23. The van der Waals surface area contributed by atoms with Gasteiger partial charge in [0.1, 0.15) is 0 Å². The number of nitrogens with zero attached hydrogens (tertiary/aromatic N) is 1. The first-order chi connectivity index (χ1) is 9.13. The van der Waals surface area contributed by atoms with Crippen molar-refractivity contribution in [3.63, 3.8) is 0 Å². The molecule has 0 bridgehead atoms. The van der Waals surface area contributed by atoms with E-state index in [9.17, 15) is 0 Å². The van der Waals surface area contributed by atoms with Crippen molar-refractivity contribution >= 4 is 0 Å². The molecule has 0 radical (unpaired) electrons. The van der Waals surface area contributed by atoms with Crippen LogP contribution in [0.25, 0.3) is 0 Å². The Balaban J connectivity index is 1.74. The molecule has 1 saturated heterocycles. The number of benzene rings is 1. The number of likely N-dealkylation sites (tertiary alicyclic amines) is 1. The zero-order valence-corrected chi connectivity index (χ0v) is 12.4. The fraction of sp³-hybridized carbons (Fsp3) is 0.647. The molecule has 0 saturated carbocycles. The highest BCUT2D eigenvalue weighted by Crippen LogP contribution is 2.23. The van der Waals surface area contributed by atoms with E-state index in [1.165, 1.54) is 49.9 Å². The summed E-state index contributed by atoms with van der Waals surface area (Å²) < 4.78 is 0. The standard InChI is InChI=1S/C17H28N2/c1-14-4-3-5-17(12-14)13-19-10-8-16(9-11-19)7-6-15(2)18/h3-5,12,15-16H,6-11,13,18H2,1-2H3. The minimum absolute atomic E-state index is 0.366. The molecule has 2 heteroatoms. The maximum absolute atomic E-state index is 5.84. The molecule has 106 valence electrons. The Morgan fingerprint density at radius 2 is 2.05 bits per heavy atom. The van der Waals surface area contributed by atoms with E-state index in [-0.39, 0.29) is 0 Å². The second-order valence-electron chi connectivity index (χ2n) is 6.26. The smallest absolute Gasteiger partial charge is 0.0233 e. The molecule has 1 heterocycles. The summed E-state index contributed by atoms with van der Waals surface area (Å²) in [6.45, 7) is 7.90. The van der Waals surface area contributed by atoms with Gasteiger partial charge in [0.25, 0.3) is 0 Å². The Kier molecular flexibility index (Phi) is 5.41. The number of rotatable bonds is 5. The lowest BCUT2D eigenvalue weighted by Gasteiger charge is -2.32. The van der Waals surface area contributed by atoms with E-state index in [2.05, 4.69) is 43.0 Å². The van der Waals surface area contributed by atoms with E-state index in [4.69, 9.17) is 5.73 Å². The largest absolute Gasteiger partial charge is 0.328 e. The topological polar surface area (TPSA) is 29.3 Å². The third kappa shape index (κ3) is 4.96. The van der Waals surface area contributed by atoms with Crippen LogP contribution < -0.4 is 5.73 Å². The van der Waals surface area contributed by atoms with Crippen LogP contribution in [0.5, 0.6) is 0 Å². The average Bonchev–Trinajstić information content (AvgIpc) is 2.38. The molecule has 1 atom stereocenters. The quantitative estimate of drug-likeness (QED) is 0.880. The van der Waals surface area contributed by atoms with Gasteiger partial charge in [-0.05, 0) is 64.1 Å². The summed E-state index contributed by atoms with van der Waals surface area (Å²) in [5, 5.41) is 0. The fourth-order valence-electron chi connectivity index (χ4n) is 3.00. The van der Waals surface area contributed by atoms with E-state index >= 15 is 0 Å². The van der Waals surface area contributed by atoms with Gasteiger partial charge in [0, 0.05) is 12.6 Å². The van der Waals surface area contributed by atoms with Crippen LogP contribution in [0.1, 0.15) is 43.7 Å². The highest BCUT2D eigenvalue weighted by Gasteiger charge is 2.19. The van der Waals surface area contributed by atoms with Crippen LogP contribution >= 0.6 is 0 Å². The normalized spacial score (nSPS) is 19.5. The van der Waals surface area contributed by atoms with E-state index in [1.807, 2.05) is 0 Å². The lowest BCUT2D eigenvalue weighted by Crippen LogP contribution is -2.33. The van der Waals surface area contributed by atoms with Gasteiger partial charge in [0.2, 0.25) is 0 Å². The highest BCUT2D eigenvalue weighted by atomic mass is 15.1. The van der Waals surface area contributed by atoms with Crippen molar-refractivity contribution in [2.24, 2.45) is 11.7 Å². The Bertz CT molecular complexity index is 379. The molecule has 2 N–H and O–H groups in total. The minimum atomic E-state index is 0.366. The van der Waals surface area contributed by atoms with Crippen LogP contribution in [-0.4, -0.2) is 24.0 Å². The second-order valence-corrected chi connectivity index (χ2v) is 6.26. The maximum atomic E-state index is 5.84. The predicted molar refractivity (Wildman–Crippen MR) is 82.1 cm³/mol. The molecule has 0 amide bonds. The lowest BCUT2D eigenvalue weighted by atomic mass is 9.91. The summed E-state index contributed by atoms with van der Waals surface area (Å²) in [7, 11) is 0. The number of hydrogen-bond acceptors (Lipinski definition) is 2.